The summed E-state index contributed by atoms with van der Waals surface area (Å²) in [5.41, 5.74) is 3.48. The molecule has 36 heavy (non-hydrogen) atoms. The van der Waals surface area contributed by atoms with E-state index in [0.29, 0.717) is 30.1 Å². The fraction of sp³-hybridized carbons (Fsp3) is 0.286. The van der Waals surface area contributed by atoms with E-state index in [9.17, 15) is 9.59 Å². The van der Waals surface area contributed by atoms with E-state index in [1.54, 1.807) is 31.4 Å². The van der Waals surface area contributed by atoms with Crippen molar-refractivity contribution >= 4 is 29.0 Å². The Morgan fingerprint density at radius 1 is 0.944 bits per heavy atom. The van der Waals surface area contributed by atoms with Gasteiger partial charge in [0.25, 0.3) is 5.91 Å². The first kappa shape index (κ1) is 24.9. The smallest absolute Gasteiger partial charge is 0.323 e. The van der Waals surface area contributed by atoms with Crippen molar-refractivity contribution in [2.75, 3.05) is 42.3 Å². The highest BCUT2D eigenvalue weighted by Crippen LogP contribution is 2.30. The molecule has 0 bridgehead atoms. The summed E-state index contributed by atoms with van der Waals surface area (Å²) in [6.07, 6.45) is 2.19. The third-order valence-electron chi connectivity index (χ3n) is 6.01. The Labute approximate surface area is 211 Å². The summed E-state index contributed by atoms with van der Waals surface area (Å²) < 4.78 is 10.8. The number of hydrogen-bond acceptors (Lipinski definition) is 5. The van der Waals surface area contributed by atoms with Gasteiger partial charge >= 0.3 is 6.03 Å². The number of hydrogen-bond donors (Lipinski definition) is 3. The Bertz CT molecular complexity index is 1190. The van der Waals surface area contributed by atoms with Crippen LogP contribution in [0.3, 0.4) is 0 Å². The normalized spacial score (nSPS) is 12.7. The average molecular weight is 489 g/mol. The maximum Gasteiger partial charge on any atom is 0.323 e. The van der Waals surface area contributed by atoms with Gasteiger partial charge in [0.15, 0.2) is 0 Å². The van der Waals surface area contributed by atoms with Crippen LogP contribution < -0.4 is 30.3 Å². The van der Waals surface area contributed by atoms with Crippen molar-refractivity contribution in [3.63, 3.8) is 0 Å². The SMILES string of the molecule is CCOc1ccc(NC(=O)Nc2cc(C(=O)NCc3ccccc3OC)ccc2N2CCCC2)cc1. The van der Waals surface area contributed by atoms with E-state index in [-0.39, 0.29) is 11.9 Å². The van der Waals surface area contributed by atoms with Gasteiger partial charge in [-0.05, 0) is 68.3 Å². The molecule has 0 saturated carbocycles. The van der Waals surface area contributed by atoms with E-state index in [2.05, 4.69) is 20.9 Å². The molecule has 1 saturated heterocycles. The van der Waals surface area contributed by atoms with E-state index in [4.69, 9.17) is 9.47 Å². The molecular formula is C28H32N4O4. The lowest BCUT2D eigenvalue weighted by atomic mass is 10.1. The van der Waals surface area contributed by atoms with Crippen LogP contribution in [0.1, 0.15) is 35.7 Å². The van der Waals surface area contributed by atoms with Gasteiger partial charge in [0.05, 0.1) is 25.1 Å². The maximum absolute atomic E-state index is 13.0. The number of nitrogens with zero attached hydrogens (tertiary/aromatic N) is 1. The number of methoxy groups -OCH3 is 1. The quantitative estimate of drug-likeness (QED) is 0.382. The first-order valence-electron chi connectivity index (χ1n) is 12.2. The van der Waals surface area contributed by atoms with E-state index < -0.39 is 0 Å². The molecule has 0 atom stereocenters. The predicted octanol–water partition coefficient (Wildman–Crippen LogP) is 5.27. The third kappa shape index (κ3) is 6.27. The first-order chi connectivity index (χ1) is 17.6. The zero-order valence-electron chi connectivity index (χ0n) is 20.7. The number of ether oxygens (including phenoxy) is 2. The molecule has 3 aromatic carbocycles. The van der Waals surface area contributed by atoms with Crippen molar-refractivity contribution in [2.24, 2.45) is 0 Å². The molecule has 4 rings (SSSR count). The molecule has 3 amide bonds. The predicted molar refractivity (Wildman–Crippen MR) is 142 cm³/mol. The zero-order chi connectivity index (χ0) is 25.3. The molecular weight excluding hydrogens is 456 g/mol. The summed E-state index contributed by atoms with van der Waals surface area (Å²) in [5.74, 6) is 1.23. The molecule has 0 aliphatic carbocycles. The zero-order valence-corrected chi connectivity index (χ0v) is 20.7. The topological polar surface area (TPSA) is 91.9 Å². The van der Waals surface area contributed by atoms with Gasteiger partial charge in [-0.15, -0.1) is 0 Å². The second-order valence-electron chi connectivity index (χ2n) is 8.46. The molecule has 1 fully saturated rings. The fourth-order valence-electron chi connectivity index (χ4n) is 4.22. The lowest BCUT2D eigenvalue weighted by molar-refractivity contribution is 0.0950. The number of benzene rings is 3. The van der Waals surface area contributed by atoms with Crippen LogP contribution in [0.25, 0.3) is 0 Å². The Kier molecular flexibility index (Phi) is 8.28. The minimum atomic E-state index is -0.383. The highest BCUT2D eigenvalue weighted by molar-refractivity contribution is 6.04. The number of anilines is 3. The second kappa shape index (κ2) is 12.0. The maximum atomic E-state index is 13.0. The Hall–Kier alpha value is -4.20. The van der Waals surface area contributed by atoms with Crippen LogP contribution in [0, 0.1) is 0 Å². The molecule has 1 heterocycles. The Morgan fingerprint density at radius 2 is 1.69 bits per heavy atom. The third-order valence-corrected chi connectivity index (χ3v) is 6.01. The molecule has 8 heteroatoms. The van der Waals surface area contributed by atoms with Gasteiger partial charge < -0.3 is 30.3 Å². The van der Waals surface area contributed by atoms with Crippen LogP contribution >= 0.6 is 0 Å². The monoisotopic (exact) mass is 488 g/mol. The molecule has 3 N–H and O–H groups in total. The van der Waals surface area contributed by atoms with E-state index >= 15 is 0 Å². The molecule has 188 valence electrons. The highest BCUT2D eigenvalue weighted by Gasteiger charge is 2.19. The van der Waals surface area contributed by atoms with Gasteiger partial charge in [-0.1, -0.05) is 18.2 Å². The van der Waals surface area contributed by atoms with E-state index in [0.717, 1.165) is 48.7 Å². The summed E-state index contributed by atoms with van der Waals surface area (Å²) in [7, 11) is 1.61. The highest BCUT2D eigenvalue weighted by atomic mass is 16.5. The van der Waals surface area contributed by atoms with Crippen LogP contribution in [0.4, 0.5) is 21.9 Å². The molecule has 1 aliphatic heterocycles. The number of amides is 3. The number of para-hydroxylation sites is 1. The first-order valence-corrected chi connectivity index (χ1v) is 12.2. The Morgan fingerprint density at radius 3 is 2.42 bits per heavy atom. The number of urea groups is 1. The number of carbonyl (C=O) groups is 2. The summed E-state index contributed by atoms with van der Waals surface area (Å²) >= 11 is 0. The minimum Gasteiger partial charge on any atom is -0.496 e. The van der Waals surface area contributed by atoms with Crippen molar-refractivity contribution in [2.45, 2.75) is 26.3 Å². The van der Waals surface area contributed by atoms with Crippen LogP contribution in [0.15, 0.2) is 66.7 Å². The van der Waals surface area contributed by atoms with Crippen molar-refractivity contribution in [3.05, 3.63) is 77.9 Å². The lowest BCUT2D eigenvalue weighted by Crippen LogP contribution is -2.26. The van der Waals surface area contributed by atoms with Gasteiger partial charge in [-0.2, -0.15) is 0 Å². The summed E-state index contributed by atoms with van der Waals surface area (Å²) in [4.78, 5) is 28.0. The number of nitrogens with one attached hydrogen (secondary N) is 3. The molecule has 0 radical (unpaired) electrons. The van der Waals surface area contributed by atoms with Crippen LogP contribution in [0.2, 0.25) is 0 Å². The van der Waals surface area contributed by atoms with Crippen LogP contribution in [0.5, 0.6) is 11.5 Å². The minimum absolute atomic E-state index is 0.233. The molecule has 1 aliphatic rings. The van der Waals surface area contributed by atoms with Crippen molar-refractivity contribution in [1.29, 1.82) is 0 Å². The van der Waals surface area contributed by atoms with E-state index in [1.807, 2.05) is 49.4 Å². The van der Waals surface area contributed by atoms with Crippen LogP contribution in [-0.4, -0.2) is 38.7 Å². The van der Waals surface area contributed by atoms with Crippen molar-refractivity contribution in [1.82, 2.24) is 5.32 Å². The second-order valence-corrected chi connectivity index (χ2v) is 8.46. The number of carbonyl (C=O) groups excluding carboxylic acids is 2. The lowest BCUT2D eigenvalue weighted by Gasteiger charge is -2.22. The van der Waals surface area contributed by atoms with Gasteiger partial charge in [0.1, 0.15) is 11.5 Å². The molecule has 0 spiro atoms. The van der Waals surface area contributed by atoms with Crippen molar-refractivity contribution in [3.8, 4) is 11.5 Å². The van der Waals surface area contributed by atoms with Gasteiger partial charge in [-0.3, -0.25) is 4.79 Å². The largest absolute Gasteiger partial charge is 0.496 e. The Balaban J connectivity index is 1.48. The summed E-state index contributed by atoms with van der Waals surface area (Å²) in [6.45, 7) is 4.65. The van der Waals surface area contributed by atoms with Crippen LogP contribution in [-0.2, 0) is 6.54 Å². The van der Waals surface area contributed by atoms with E-state index in [1.165, 1.54) is 0 Å². The standard InChI is InChI=1S/C28H32N4O4/c1-3-36-23-13-11-22(12-14-23)30-28(34)31-24-18-20(10-15-25(24)32-16-6-7-17-32)27(33)29-19-21-8-4-5-9-26(21)35-2/h4-5,8-15,18H,3,6-7,16-17,19H2,1-2H3,(H,29,33)(H2,30,31,34). The number of rotatable bonds is 9. The summed E-state index contributed by atoms with van der Waals surface area (Å²) in [5, 5.41) is 8.73. The molecule has 3 aromatic rings. The molecule has 0 unspecified atom stereocenters. The molecule has 8 nitrogen and oxygen atoms in total. The molecule has 0 aromatic heterocycles. The average Bonchev–Trinajstić information content (AvgIpc) is 3.43. The van der Waals surface area contributed by atoms with Gasteiger partial charge in [0.2, 0.25) is 0 Å². The van der Waals surface area contributed by atoms with Gasteiger partial charge in [-0.25, -0.2) is 4.79 Å². The van der Waals surface area contributed by atoms with Crippen molar-refractivity contribution < 1.29 is 19.1 Å². The fourth-order valence-corrected chi connectivity index (χ4v) is 4.22. The van der Waals surface area contributed by atoms with Gasteiger partial charge in [0, 0.05) is 36.4 Å². The summed E-state index contributed by atoms with van der Waals surface area (Å²) in [6, 6.07) is 19.8.